The molecule has 0 saturated carbocycles. The average molecular weight is 491 g/mol. The van der Waals surface area contributed by atoms with Crippen molar-refractivity contribution >= 4 is 5.95 Å². The van der Waals surface area contributed by atoms with Gasteiger partial charge in [0.15, 0.2) is 0 Å². The summed E-state index contributed by atoms with van der Waals surface area (Å²) in [5, 5.41) is 6.65. The van der Waals surface area contributed by atoms with Gasteiger partial charge >= 0.3 is 0 Å². The lowest BCUT2D eigenvalue weighted by molar-refractivity contribution is 0.313. The van der Waals surface area contributed by atoms with Crippen LogP contribution in [0.25, 0.3) is 22.5 Å². The summed E-state index contributed by atoms with van der Waals surface area (Å²) < 4.78 is 30.7. The second kappa shape index (κ2) is 10.0. The minimum atomic E-state index is -0.363. The zero-order chi connectivity index (χ0) is 25.2. The first-order chi connectivity index (χ1) is 17.4. The second-order valence-corrected chi connectivity index (χ2v) is 9.07. The van der Waals surface area contributed by atoms with Crippen LogP contribution in [-0.4, -0.2) is 32.4 Å². The van der Waals surface area contributed by atoms with Gasteiger partial charge in [0.05, 0.1) is 29.0 Å². The molecule has 2 N–H and O–H groups in total. The molecule has 4 aromatic rings. The van der Waals surface area contributed by atoms with E-state index >= 15 is 0 Å². The molecule has 36 heavy (non-hydrogen) atoms. The fourth-order valence-electron chi connectivity index (χ4n) is 4.82. The molecular formula is C27H28F2N6O. The number of piperidine rings is 1. The van der Waals surface area contributed by atoms with Gasteiger partial charge in [0.25, 0.3) is 5.56 Å². The lowest BCUT2D eigenvalue weighted by Crippen LogP contribution is -2.33. The third kappa shape index (κ3) is 4.66. The molecular weight excluding hydrogens is 462 g/mol. The van der Waals surface area contributed by atoms with E-state index in [1.165, 1.54) is 24.3 Å². The van der Waals surface area contributed by atoms with Gasteiger partial charge in [0.1, 0.15) is 11.6 Å². The Morgan fingerprint density at radius 2 is 1.64 bits per heavy atom. The van der Waals surface area contributed by atoms with Crippen molar-refractivity contribution in [2.24, 2.45) is 7.05 Å². The fraction of sp³-hybridized carbons (Fsp3) is 0.296. The summed E-state index contributed by atoms with van der Waals surface area (Å²) in [4.78, 5) is 22.7. The third-order valence-corrected chi connectivity index (χ3v) is 6.70. The highest BCUT2D eigenvalue weighted by molar-refractivity contribution is 5.79. The van der Waals surface area contributed by atoms with Gasteiger partial charge < -0.3 is 10.6 Å². The van der Waals surface area contributed by atoms with Crippen LogP contribution < -0.4 is 16.2 Å². The van der Waals surface area contributed by atoms with Crippen molar-refractivity contribution in [2.45, 2.75) is 31.8 Å². The Morgan fingerprint density at radius 1 is 1.00 bits per heavy atom. The van der Waals surface area contributed by atoms with Gasteiger partial charge in [-0.05, 0) is 74.3 Å². The van der Waals surface area contributed by atoms with E-state index in [2.05, 4.69) is 15.6 Å². The fourth-order valence-corrected chi connectivity index (χ4v) is 4.82. The predicted octanol–water partition coefficient (Wildman–Crippen LogP) is 4.69. The van der Waals surface area contributed by atoms with Gasteiger partial charge in [0.2, 0.25) is 5.95 Å². The molecule has 2 aromatic heterocycles. The minimum absolute atomic E-state index is 0.109. The molecule has 5 rings (SSSR count). The molecule has 2 aromatic carbocycles. The van der Waals surface area contributed by atoms with E-state index in [-0.39, 0.29) is 29.3 Å². The molecule has 0 radical (unpaired) electrons. The summed E-state index contributed by atoms with van der Waals surface area (Å²) in [6.07, 6.45) is 3.39. The van der Waals surface area contributed by atoms with E-state index in [4.69, 9.17) is 4.98 Å². The van der Waals surface area contributed by atoms with Gasteiger partial charge in [-0.25, -0.2) is 18.7 Å². The number of benzene rings is 2. The monoisotopic (exact) mass is 490 g/mol. The smallest absolute Gasteiger partial charge is 0.274 e. The predicted molar refractivity (Wildman–Crippen MR) is 136 cm³/mol. The number of hydrogen-bond acceptors (Lipinski definition) is 5. The molecule has 0 bridgehead atoms. The molecule has 1 aliphatic rings. The van der Waals surface area contributed by atoms with Crippen molar-refractivity contribution in [1.82, 2.24) is 24.6 Å². The maximum Gasteiger partial charge on any atom is 0.274 e. The summed E-state index contributed by atoms with van der Waals surface area (Å²) in [7, 11) is 1.76. The normalized spacial score (nSPS) is 15.1. The lowest BCUT2D eigenvalue weighted by Gasteiger charge is -2.27. The van der Waals surface area contributed by atoms with E-state index in [0.29, 0.717) is 28.5 Å². The molecule has 186 valence electrons. The van der Waals surface area contributed by atoms with E-state index in [9.17, 15) is 13.6 Å². The second-order valence-electron chi connectivity index (χ2n) is 9.07. The van der Waals surface area contributed by atoms with E-state index in [0.717, 1.165) is 31.5 Å². The SMILES string of the molecule is CC(Nc1nccc(-c2c(-c3ccc(F)cc3)c(=O)n(C)n2C2CCNCC2)n1)c1ccc(F)cc1. The Morgan fingerprint density at radius 3 is 2.31 bits per heavy atom. The molecule has 1 fully saturated rings. The number of anilines is 1. The van der Waals surface area contributed by atoms with Gasteiger partial charge in [-0.3, -0.25) is 14.2 Å². The highest BCUT2D eigenvalue weighted by atomic mass is 19.1. The number of hydrogen-bond donors (Lipinski definition) is 2. The van der Waals surface area contributed by atoms with Gasteiger partial charge in [-0.1, -0.05) is 24.3 Å². The van der Waals surface area contributed by atoms with Crippen LogP contribution in [-0.2, 0) is 7.05 Å². The van der Waals surface area contributed by atoms with Crippen LogP contribution in [0, 0.1) is 11.6 Å². The highest BCUT2D eigenvalue weighted by Gasteiger charge is 2.28. The number of rotatable bonds is 6. The third-order valence-electron chi connectivity index (χ3n) is 6.70. The van der Waals surface area contributed by atoms with E-state index < -0.39 is 0 Å². The Balaban J connectivity index is 1.60. The van der Waals surface area contributed by atoms with Crippen LogP contribution in [0.1, 0.15) is 37.4 Å². The van der Waals surface area contributed by atoms with E-state index in [1.54, 1.807) is 48.3 Å². The van der Waals surface area contributed by atoms with Gasteiger partial charge in [-0.2, -0.15) is 0 Å². The molecule has 0 amide bonds. The first-order valence-corrected chi connectivity index (χ1v) is 12.1. The molecule has 1 atom stereocenters. The number of nitrogens with one attached hydrogen (secondary N) is 2. The summed E-state index contributed by atoms with van der Waals surface area (Å²) in [5.41, 5.74) is 3.11. The van der Waals surface area contributed by atoms with Gasteiger partial charge in [-0.15, -0.1) is 0 Å². The van der Waals surface area contributed by atoms with Crippen LogP contribution >= 0.6 is 0 Å². The van der Waals surface area contributed by atoms with Crippen molar-refractivity contribution in [1.29, 1.82) is 0 Å². The minimum Gasteiger partial charge on any atom is -0.348 e. The van der Waals surface area contributed by atoms with Crippen molar-refractivity contribution in [2.75, 3.05) is 18.4 Å². The molecule has 0 spiro atoms. The lowest BCUT2D eigenvalue weighted by atomic mass is 10.0. The molecule has 3 heterocycles. The van der Waals surface area contributed by atoms with Crippen molar-refractivity contribution in [3.63, 3.8) is 0 Å². The number of nitrogens with zero attached hydrogens (tertiary/aromatic N) is 4. The average Bonchev–Trinajstić information content (AvgIpc) is 3.16. The van der Waals surface area contributed by atoms with Crippen LogP contribution in [0.3, 0.4) is 0 Å². The Hall–Kier alpha value is -3.85. The van der Waals surface area contributed by atoms with Crippen LogP contribution in [0.2, 0.25) is 0 Å². The largest absolute Gasteiger partial charge is 0.348 e. The molecule has 9 heteroatoms. The first kappa shape index (κ1) is 23.9. The first-order valence-electron chi connectivity index (χ1n) is 12.1. The van der Waals surface area contributed by atoms with Crippen LogP contribution in [0.15, 0.2) is 65.6 Å². The zero-order valence-corrected chi connectivity index (χ0v) is 20.2. The van der Waals surface area contributed by atoms with Crippen molar-refractivity contribution in [3.05, 3.63) is 88.3 Å². The summed E-state index contributed by atoms with van der Waals surface area (Å²) in [5.74, 6) is -0.266. The zero-order valence-electron chi connectivity index (χ0n) is 20.2. The summed E-state index contributed by atoms with van der Waals surface area (Å²) in [6, 6.07) is 14.0. The highest BCUT2D eigenvalue weighted by Crippen LogP contribution is 2.34. The Kier molecular flexibility index (Phi) is 6.65. The molecule has 0 aliphatic carbocycles. The van der Waals surface area contributed by atoms with Gasteiger partial charge in [0, 0.05) is 13.2 Å². The number of aromatic nitrogens is 4. The Labute approximate surface area is 207 Å². The van der Waals surface area contributed by atoms with Crippen LogP contribution in [0.4, 0.5) is 14.7 Å². The van der Waals surface area contributed by atoms with Crippen molar-refractivity contribution in [3.8, 4) is 22.5 Å². The topological polar surface area (TPSA) is 76.8 Å². The van der Waals surface area contributed by atoms with E-state index in [1.807, 2.05) is 11.6 Å². The van der Waals surface area contributed by atoms with Crippen LogP contribution in [0.5, 0.6) is 0 Å². The standard InChI is InChI=1S/C27H28F2N6O/c1-17(18-3-7-20(28)8-4-18)32-27-31-16-13-23(33-27)25-24(19-5-9-21(29)10-6-19)26(36)34(2)35(25)22-11-14-30-15-12-22/h3-10,13,16-17,22,30H,11-12,14-15H2,1-2H3,(H,31,32,33). The maximum absolute atomic E-state index is 13.7. The summed E-state index contributed by atoms with van der Waals surface area (Å²) >= 11 is 0. The Bertz CT molecular complexity index is 1410. The summed E-state index contributed by atoms with van der Waals surface area (Å²) in [6.45, 7) is 3.66. The maximum atomic E-state index is 13.7. The van der Waals surface area contributed by atoms with Crippen molar-refractivity contribution < 1.29 is 8.78 Å². The quantitative estimate of drug-likeness (QED) is 0.410. The number of halogens is 2. The molecule has 1 aliphatic heterocycles. The molecule has 7 nitrogen and oxygen atoms in total. The molecule has 1 unspecified atom stereocenters. The molecule has 1 saturated heterocycles.